The highest BCUT2D eigenvalue weighted by Crippen LogP contribution is 2.23. The first-order valence-electron chi connectivity index (χ1n) is 7.99. The summed E-state index contributed by atoms with van der Waals surface area (Å²) >= 11 is 1.18. The van der Waals surface area contributed by atoms with Crippen LogP contribution in [0, 0.1) is 0 Å². The number of hydrogen-bond donors (Lipinski definition) is 0. The van der Waals surface area contributed by atoms with E-state index in [9.17, 15) is 9.59 Å². The lowest BCUT2D eigenvalue weighted by Gasteiger charge is -2.36. The third-order valence-corrected chi connectivity index (χ3v) is 5.26. The molecule has 1 aromatic heterocycles. The average Bonchev–Trinajstić information content (AvgIpc) is 3.17. The SMILES string of the molecule is COC(=O)c1ccc(C(=O)N2CCN(c3ccc(OC)cc3)CC2)s1. The fourth-order valence-electron chi connectivity index (χ4n) is 2.78. The molecule has 1 saturated heterocycles. The first-order chi connectivity index (χ1) is 12.1. The average molecular weight is 360 g/mol. The van der Waals surface area contributed by atoms with Crippen LogP contribution in [0.25, 0.3) is 0 Å². The molecule has 7 heteroatoms. The fraction of sp³-hybridized carbons (Fsp3) is 0.333. The largest absolute Gasteiger partial charge is 0.497 e. The molecular weight excluding hydrogens is 340 g/mol. The van der Waals surface area contributed by atoms with Crippen molar-refractivity contribution in [3.05, 3.63) is 46.2 Å². The molecule has 0 aliphatic carbocycles. The number of hydrogen-bond acceptors (Lipinski definition) is 6. The molecule has 0 unspecified atom stereocenters. The summed E-state index contributed by atoms with van der Waals surface area (Å²) in [6.07, 6.45) is 0. The molecule has 1 aliphatic rings. The third kappa shape index (κ3) is 3.76. The second kappa shape index (κ2) is 7.57. The molecule has 3 rings (SSSR count). The van der Waals surface area contributed by atoms with Gasteiger partial charge in [0, 0.05) is 31.9 Å². The van der Waals surface area contributed by atoms with Gasteiger partial charge in [-0.2, -0.15) is 0 Å². The molecular formula is C18H20N2O4S. The summed E-state index contributed by atoms with van der Waals surface area (Å²) in [6, 6.07) is 11.3. The summed E-state index contributed by atoms with van der Waals surface area (Å²) in [5, 5.41) is 0. The Kier molecular flexibility index (Phi) is 5.23. The van der Waals surface area contributed by atoms with E-state index in [-0.39, 0.29) is 5.91 Å². The van der Waals surface area contributed by atoms with Crippen LogP contribution in [0.15, 0.2) is 36.4 Å². The first-order valence-corrected chi connectivity index (χ1v) is 8.80. The number of carbonyl (C=O) groups is 2. The Morgan fingerprint density at radius 2 is 1.56 bits per heavy atom. The number of rotatable bonds is 4. The maximum absolute atomic E-state index is 12.6. The van der Waals surface area contributed by atoms with Gasteiger partial charge >= 0.3 is 5.97 Å². The van der Waals surface area contributed by atoms with E-state index in [0.29, 0.717) is 22.8 Å². The van der Waals surface area contributed by atoms with E-state index in [1.165, 1.54) is 18.4 Å². The third-order valence-electron chi connectivity index (χ3n) is 4.21. The minimum atomic E-state index is -0.409. The van der Waals surface area contributed by atoms with Crippen LogP contribution in [0.2, 0.25) is 0 Å². The molecule has 1 aromatic carbocycles. The van der Waals surface area contributed by atoms with Crippen LogP contribution in [0.1, 0.15) is 19.3 Å². The molecule has 0 N–H and O–H groups in total. The number of ether oxygens (including phenoxy) is 2. The van der Waals surface area contributed by atoms with Crippen LogP contribution < -0.4 is 9.64 Å². The second-order valence-electron chi connectivity index (χ2n) is 5.63. The fourth-order valence-corrected chi connectivity index (χ4v) is 3.67. The van der Waals surface area contributed by atoms with Crippen LogP contribution in [-0.4, -0.2) is 57.2 Å². The van der Waals surface area contributed by atoms with Gasteiger partial charge in [-0.1, -0.05) is 0 Å². The van der Waals surface area contributed by atoms with Crippen molar-refractivity contribution < 1.29 is 19.1 Å². The van der Waals surface area contributed by atoms with Crippen molar-refractivity contribution in [3.63, 3.8) is 0 Å². The molecule has 1 fully saturated rings. The van der Waals surface area contributed by atoms with Gasteiger partial charge in [-0.05, 0) is 36.4 Å². The Morgan fingerprint density at radius 1 is 0.920 bits per heavy atom. The number of esters is 1. The summed E-state index contributed by atoms with van der Waals surface area (Å²) in [4.78, 5) is 29.2. The Bertz CT molecular complexity index is 749. The lowest BCUT2D eigenvalue weighted by atomic mass is 10.2. The molecule has 25 heavy (non-hydrogen) atoms. The Balaban J connectivity index is 1.60. The summed E-state index contributed by atoms with van der Waals surface area (Å²) in [6.45, 7) is 2.84. The van der Waals surface area contributed by atoms with Gasteiger partial charge in [0.15, 0.2) is 0 Å². The minimum absolute atomic E-state index is 0.0328. The van der Waals surface area contributed by atoms with Gasteiger partial charge < -0.3 is 19.3 Å². The molecule has 2 aromatic rings. The van der Waals surface area contributed by atoms with E-state index in [0.717, 1.165) is 24.5 Å². The molecule has 0 saturated carbocycles. The first kappa shape index (κ1) is 17.3. The smallest absolute Gasteiger partial charge is 0.348 e. The molecule has 0 bridgehead atoms. The molecule has 0 spiro atoms. The summed E-state index contributed by atoms with van der Waals surface area (Å²) in [7, 11) is 2.98. The molecule has 2 heterocycles. The zero-order chi connectivity index (χ0) is 17.8. The number of benzene rings is 1. The standard InChI is InChI=1S/C18H20N2O4S/c1-23-14-5-3-13(4-6-14)19-9-11-20(12-10-19)17(21)15-7-8-16(25-15)18(22)24-2/h3-8H,9-12H2,1-2H3. The monoisotopic (exact) mass is 360 g/mol. The highest BCUT2D eigenvalue weighted by atomic mass is 32.1. The van der Waals surface area contributed by atoms with E-state index in [2.05, 4.69) is 9.64 Å². The number of thiophene rings is 1. The van der Waals surface area contributed by atoms with Crippen LogP contribution in [0.3, 0.4) is 0 Å². The summed E-state index contributed by atoms with van der Waals surface area (Å²) in [5.41, 5.74) is 1.12. The predicted octanol–water partition coefficient (Wildman–Crippen LogP) is 2.51. The van der Waals surface area contributed by atoms with E-state index >= 15 is 0 Å². The van der Waals surface area contributed by atoms with Crippen LogP contribution >= 0.6 is 11.3 Å². The van der Waals surface area contributed by atoms with E-state index in [1.807, 2.05) is 29.2 Å². The minimum Gasteiger partial charge on any atom is -0.497 e. The lowest BCUT2D eigenvalue weighted by molar-refractivity contribution is 0.0606. The van der Waals surface area contributed by atoms with Crippen molar-refractivity contribution in [3.8, 4) is 5.75 Å². The van der Waals surface area contributed by atoms with Gasteiger partial charge in [0.2, 0.25) is 0 Å². The predicted molar refractivity (Wildman–Crippen MR) is 96.8 cm³/mol. The normalized spacial score (nSPS) is 14.3. The van der Waals surface area contributed by atoms with Gasteiger partial charge in [0.1, 0.15) is 10.6 Å². The van der Waals surface area contributed by atoms with Crippen LogP contribution in [0.5, 0.6) is 5.75 Å². The van der Waals surface area contributed by atoms with Gasteiger partial charge in [-0.15, -0.1) is 11.3 Å². The van der Waals surface area contributed by atoms with E-state index in [1.54, 1.807) is 19.2 Å². The molecule has 1 aliphatic heterocycles. The maximum atomic E-state index is 12.6. The molecule has 1 amide bonds. The number of amides is 1. The Morgan fingerprint density at radius 3 is 2.16 bits per heavy atom. The van der Waals surface area contributed by atoms with Crippen LogP contribution in [-0.2, 0) is 4.74 Å². The van der Waals surface area contributed by atoms with Crippen molar-refractivity contribution in [1.82, 2.24) is 4.90 Å². The van der Waals surface area contributed by atoms with Gasteiger partial charge in [0.05, 0.1) is 19.1 Å². The zero-order valence-corrected chi connectivity index (χ0v) is 15.0. The number of anilines is 1. The number of carbonyl (C=O) groups excluding carboxylic acids is 2. The quantitative estimate of drug-likeness (QED) is 0.784. The van der Waals surface area contributed by atoms with Gasteiger partial charge in [-0.25, -0.2) is 4.79 Å². The van der Waals surface area contributed by atoms with E-state index < -0.39 is 5.97 Å². The highest BCUT2D eigenvalue weighted by molar-refractivity contribution is 7.15. The zero-order valence-electron chi connectivity index (χ0n) is 14.2. The molecule has 0 radical (unpaired) electrons. The number of piperazine rings is 1. The van der Waals surface area contributed by atoms with Crippen molar-refractivity contribution in [2.45, 2.75) is 0 Å². The molecule has 6 nitrogen and oxygen atoms in total. The van der Waals surface area contributed by atoms with Crippen molar-refractivity contribution in [1.29, 1.82) is 0 Å². The summed E-state index contributed by atoms with van der Waals surface area (Å²) in [5.74, 6) is 0.388. The van der Waals surface area contributed by atoms with E-state index in [4.69, 9.17) is 4.74 Å². The number of methoxy groups -OCH3 is 2. The molecule has 0 atom stereocenters. The second-order valence-corrected chi connectivity index (χ2v) is 6.72. The summed E-state index contributed by atoms with van der Waals surface area (Å²) < 4.78 is 9.86. The topological polar surface area (TPSA) is 59.1 Å². The Labute approximate surface area is 150 Å². The van der Waals surface area contributed by atoms with Gasteiger partial charge in [-0.3, -0.25) is 4.79 Å². The number of nitrogens with zero attached hydrogens (tertiary/aromatic N) is 2. The lowest BCUT2D eigenvalue weighted by Crippen LogP contribution is -2.48. The van der Waals surface area contributed by atoms with Crippen LogP contribution in [0.4, 0.5) is 5.69 Å². The van der Waals surface area contributed by atoms with Gasteiger partial charge in [0.25, 0.3) is 5.91 Å². The Hall–Kier alpha value is -2.54. The van der Waals surface area contributed by atoms with Crippen molar-refractivity contribution in [2.75, 3.05) is 45.3 Å². The van der Waals surface area contributed by atoms with Crippen molar-refractivity contribution >= 4 is 28.9 Å². The maximum Gasteiger partial charge on any atom is 0.348 e. The van der Waals surface area contributed by atoms with Crippen molar-refractivity contribution in [2.24, 2.45) is 0 Å². The molecule has 132 valence electrons. The highest BCUT2D eigenvalue weighted by Gasteiger charge is 2.24.